The Hall–Kier alpha value is -2.21. The number of carbonyl (C=O) groups excluding carboxylic acids is 2. The Balaban J connectivity index is 1.91. The fourth-order valence-corrected chi connectivity index (χ4v) is 3.37. The highest BCUT2D eigenvalue weighted by molar-refractivity contribution is 6.23. The smallest absolute Gasteiger partial charge is 0.335 e. The minimum absolute atomic E-state index is 0.0765. The van der Waals surface area contributed by atoms with Crippen LogP contribution in [0.4, 0.5) is 5.69 Å². The first-order valence-electron chi connectivity index (χ1n) is 7.94. The Morgan fingerprint density at radius 1 is 1.17 bits per heavy atom. The highest BCUT2D eigenvalue weighted by Crippen LogP contribution is 2.30. The summed E-state index contributed by atoms with van der Waals surface area (Å²) in [5.41, 5.74) is 1.18. The standard InChI is InChI=1S/C17H20N2O4/c1-11-5-6-12(17(22)23)9-13(11)19-15(20)10-14(16(19)21)18-7-3-2-4-8-18/h5-6,9,14H,2-4,7-8,10H2,1H3,(H,22,23). The van der Waals surface area contributed by atoms with E-state index in [2.05, 4.69) is 4.90 Å². The minimum atomic E-state index is -1.07. The maximum atomic E-state index is 12.8. The van der Waals surface area contributed by atoms with Crippen LogP contribution in [0.25, 0.3) is 0 Å². The molecule has 0 aromatic heterocycles. The predicted octanol–water partition coefficient (Wildman–Crippen LogP) is 1.81. The zero-order chi connectivity index (χ0) is 16.6. The lowest BCUT2D eigenvalue weighted by Gasteiger charge is -2.30. The van der Waals surface area contributed by atoms with E-state index in [0.717, 1.165) is 37.9 Å². The summed E-state index contributed by atoms with van der Waals surface area (Å²) in [5, 5.41) is 9.13. The summed E-state index contributed by atoms with van der Waals surface area (Å²) < 4.78 is 0. The van der Waals surface area contributed by atoms with Gasteiger partial charge in [-0.15, -0.1) is 0 Å². The Labute approximate surface area is 134 Å². The third-order valence-electron chi connectivity index (χ3n) is 4.65. The van der Waals surface area contributed by atoms with Crippen LogP contribution in [0.3, 0.4) is 0 Å². The van der Waals surface area contributed by atoms with Crippen LogP contribution in [0.1, 0.15) is 41.6 Å². The number of imide groups is 1. The van der Waals surface area contributed by atoms with Gasteiger partial charge < -0.3 is 5.11 Å². The summed E-state index contributed by atoms with van der Waals surface area (Å²) in [6, 6.07) is 4.11. The molecule has 2 aliphatic heterocycles. The monoisotopic (exact) mass is 316 g/mol. The summed E-state index contributed by atoms with van der Waals surface area (Å²) in [5.74, 6) is -1.56. The van der Waals surface area contributed by atoms with Crippen LogP contribution in [-0.2, 0) is 9.59 Å². The van der Waals surface area contributed by atoms with Gasteiger partial charge >= 0.3 is 5.97 Å². The Kier molecular flexibility index (Phi) is 4.17. The second-order valence-corrected chi connectivity index (χ2v) is 6.19. The van der Waals surface area contributed by atoms with Crippen LogP contribution >= 0.6 is 0 Å². The number of carbonyl (C=O) groups is 3. The summed E-state index contributed by atoms with van der Waals surface area (Å²) in [6.07, 6.45) is 3.43. The zero-order valence-electron chi connectivity index (χ0n) is 13.1. The molecular formula is C17H20N2O4. The van der Waals surface area contributed by atoms with Crippen molar-refractivity contribution >= 4 is 23.5 Å². The largest absolute Gasteiger partial charge is 0.478 e. The Bertz CT molecular complexity index is 665. The first-order valence-corrected chi connectivity index (χ1v) is 7.94. The van der Waals surface area contributed by atoms with Crippen molar-refractivity contribution in [2.75, 3.05) is 18.0 Å². The molecule has 1 aromatic carbocycles. The second-order valence-electron chi connectivity index (χ2n) is 6.19. The summed E-state index contributed by atoms with van der Waals surface area (Å²) >= 11 is 0. The lowest BCUT2D eigenvalue weighted by atomic mass is 10.1. The molecule has 1 atom stereocenters. The van der Waals surface area contributed by atoms with E-state index in [9.17, 15) is 14.4 Å². The van der Waals surface area contributed by atoms with E-state index in [4.69, 9.17) is 5.11 Å². The van der Waals surface area contributed by atoms with Gasteiger partial charge in [-0.3, -0.25) is 14.5 Å². The maximum absolute atomic E-state index is 12.8. The van der Waals surface area contributed by atoms with Gasteiger partial charge in [0, 0.05) is 0 Å². The number of hydrogen-bond donors (Lipinski definition) is 1. The molecule has 2 amide bonds. The van der Waals surface area contributed by atoms with E-state index in [1.165, 1.54) is 17.0 Å². The van der Waals surface area contributed by atoms with Gasteiger partial charge in [-0.05, 0) is 50.6 Å². The second kappa shape index (κ2) is 6.12. The molecular weight excluding hydrogens is 296 g/mol. The van der Waals surface area contributed by atoms with Crippen molar-refractivity contribution in [2.45, 2.75) is 38.6 Å². The van der Waals surface area contributed by atoms with Crippen LogP contribution in [0.2, 0.25) is 0 Å². The quantitative estimate of drug-likeness (QED) is 0.861. The van der Waals surface area contributed by atoms with Crippen molar-refractivity contribution in [3.8, 4) is 0 Å². The fourth-order valence-electron chi connectivity index (χ4n) is 3.37. The van der Waals surface area contributed by atoms with Gasteiger partial charge in [0.15, 0.2) is 0 Å². The molecule has 122 valence electrons. The normalized spacial score (nSPS) is 22.7. The van der Waals surface area contributed by atoms with Crippen molar-refractivity contribution in [3.63, 3.8) is 0 Å². The van der Waals surface area contributed by atoms with Gasteiger partial charge in [0.1, 0.15) is 0 Å². The number of benzene rings is 1. The first-order chi connectivity index (χ1) is 11.0. The topological polar surface area (TPSA) is 77.9 Å². The number of carboxylic acids is 1. The molecule has 23 heavy (non-hydrogen) atoms. The molecule has 2 aliphatic rings. The van der Waals surface area contributed by atoms with Gasteiger partial charge in [-0.2, -0.15) is 0 Å². The van der Waals surface area contributed by atoms with Gasteiger partial charge in [0.25, 0.3) is 5.91 Å². The number of carboxylic acid groups (broad SMARTS) is 1. The van der Waals surface area contributed by atoms with E-state index in [-0.39, 0.29) is 23.8 Å². The molecule has 2 fully saturated rings. The van der Waals surface area contributed by atoms with Gasteiger partial charge in [0.2, 0.25) is 5.91 Å². The molecule has 0 spiro atoms. The molecule has 2 saturated heterocycles. The molecule has 1 aromatic rings. The van der Waals surface area contributed by atoms with Gasteiger partial charge in [-0.25, -0.2) is 9.69 Å². The van der Waals surface area contributed by atoms with Crippen molar-refractivity contribution < 1.29 is 19.5 Å². The minimum Gasteiger partial charge on any atom is -0.478 e. The molecule has 0 radical (unpaired) electrons. The van der Waals surface area contributed by atoms with Gasteiger partial charge in [0.05, 0.1) is 23.7 Å². The van der Waals surface area contributed by atoms with Crippen molar-refractivity contribution in [3.05, 3.63) is 29.3 Å². The van der Waals surface area contributed by atoms with Crippen LogP contribution < -0.4 is 4.90 Å². The third-order valence-corrected chi connectivity index (χ3v) is 4.65. The summed E-state index contributed by atoms with van der Waals surface area (Å²) in [4.78, 5) is 39.6. The van der Waals surface area contributed by atoms with E-state index in [1.54, 1.807) is 13.0 Å². The van der Waals surface area contributed by atoms with E-state index >= 15 is 0 Å². The third kappa shape index (κ3) is 2.86. The molecule has 0 saturated carbocycles. The average Bonchev–Trinajstić information content (AvgIpc) is 2.83. The Morgan fingerprint density at radius 3 is 2.52 bits per heavy atom. The van der Waals surface area contributed by atoms with Crippen molar-refractivity contribution in [1.82, 2.24) is 4.90 Å². The summed E-state index contributed by atoms with van der Waals surface area (Å²) in [6.45, 7) is 3.45. The number of aryl methyl sites for hydroxylation is 1. The number of anilines is 1. The Morgan fingerprint density at radius 2 is 1.87 bits per heavy atom. The number of nitrogens with zero attached hydrogens (tertiary/aromatic N) is 2. The maximum Gasteiger partial charge on any atom is 0.335 e. The lowest BCUT2D eigenvalue weighted by Crippen LogP contribution is -2.44. The SMILES string of the molecule is Cc1ccc(C(=O)O)cc1N1C(=O)CC(N2CCCCC2)C1=O. The number of aromatic carboxylic acids is 1. The van der Waals surface area contributed by atoms with Crippen molar-refractivity contribution in [1.29, 1.82) is 0 Å². The molecule has 0 aliphatic carbocycles. The molecule has 3 rings (SSSR count). The molecule has 6 heteroatoms. The fraction of sp³-hybridized carbons (Fsp3) is 0.471. The number of rotatable bonds is 3. The van der Waals surface area contributed by atoms with E-state index in [0.29, 0.717) is 5.69 Å². The number of amides is 2. The van der Waals surface area contributed by atoms with E-state index < -0.39 is 12.0 Å². The number of hydrogen-bond acceptors (Lipinski definition) is 4. The van der Waals surface area contributed by atoms with Crippen LogP contribution in [0.5, 0.6) is 0 Å². The molecule has 1 unspecified atom stereocenters. The number of piperidine rings is 1. The molecule has 1 N–H and O–H groups in total. The van der Waals surface area contributed by atoms with E-state index in [1.807, 2.05) is 0 Å². The van der Waals surface area contributed by atoms with Crippen LogP contribution in [0.15, 0.2) is 18.2 Å². The van der Waals surface area contributed by atoms with Crippen LogP contribution in [-0.4, -0.2) is 46.9 Å². The lowest BCUT2D eigenvalue weighted by molar-refractivity contribution is -0.123. The molecule has 6 nitrogen and oxygen atoms in total. The first kappa shape index (κ1) is 15.7. The molecule has 2 heterocycles. The zero-order valence-corrected chi connectivity index (χ0v) is 13.1. The average molecular weight is 316 g/mol. The highest BCUT2D eigenvalue weighted by Gasteiger charge is 2.43. The number of likely N-dealkylation sites (tertiary alicyclic amines) is 1. The highest BCUT2D eigenvalue weighted by atomic mass is 16.4. The molecule has 0 bridgehead atoms. The predicted molar refractivity (Wildman–Crippen MR) is 84.5 cm³/mol. The van der Waals surface area contributed by atoms with Crippen LogP contribution in [0, 0.1) is 6.92 Å². The summed E-state index contributed by atoms with van der Waals surface area (Å²) in [7, 11) is 0. The van der Waals surface area contributed by atoms with Crippen molar-refractivity contribution in [2.24, 2.45) is 0 Å². The van der Waals surface area contributed by atoms with Gasteiger partial charge in [-0.1, -0.05) is 12.5 Å².